The molecule has 1 aromatic carbocycles. The van der Waals surface area contributed by atoms with Gasteiger partial charge in [-0.2, -0.15) is 0 Å². The predicted molar refractivity (Wildman–Crippen MR) is 75.2 cm³/mol. The number of hydrogen-bond donors (Lipinski definition) is 1. The second-order valence-electron chi connectivity index (χ2n) is 3.91. The van der Waals surface area contributed by atoms with Crippen molar-refractivity contribution in [2.45, 2.75) is 9.79 Å². The summed E-state index contributed by atoms with van der Waals surface area (Å²) in [5, 5.41) is 8.93. The molecular weight excluding hydrogens is 244 g/mol. The smallest absolute Gasteiger partial charge is 0.129 e. The first-order chi connectivity index (χ1) is 8.79. The molecule has 0 aliphatic heterocycles. The van der Waals surface area contributed by atoms with Crippen LogP contribution in [0.1, 0.15) is 0 Å². The molecule has 1 N–H and O–H groups in total. The lowest BCUT2D eigenvalue weighted by molar-refractivity contribution is 0.304. The van der Waals surface area contributed by atoms with Crippen molar-refractivity contribution in [3.63, 3.8) is 0 Å². The van der Waals surface area contributed by atoms with Crippen LogP contribution in [0.4, 0.5) is 5.82 Å². The molecule has 0 saturated carbocycles. The second-order valence-corrected chi connectivity index (χ2v) is 5.06. The average molecular weight is 260 g/mol. The third-order valence-corrected chi connectivity index (χ3v) is 3.52. The van der Waals surface area contributed by atoms with Crippen molar-refractivity contribution in [2.24, 2.45) is 0 Å². The van der Waals surface area contributed by atoms with Gasteiger partial charge in [-0.3, -0.25) is 0 Å². The van der Waals surface area contributed by atoms with Crippen LogP contribution in [-0.2, 0) is 0 Å². The van der Waals surface area contributed by atoms with Gasteiger partial charge in [0.25, 0.3) is 0 Å². The highest BCUT2D eigenvalue weighted by atomic mass is 32.2. The molecule has 0 unspecified atom stereocenters. The quantitative estimate of drug-likeness (QED) is 0.896. The van der Waals surface area contributed by atoms with Gasteiger partial charge in [-0.15, -0.1) is 0 Å². The molecule has 0 aliphatic carbocycles. The van der Waals surface area contributed by atoms with Crippen molar-refractivity contribution < 1.29 is 5.11 Å². The lowest BCUT2D eigenvalue weighted by atomic mass is 10.4. The van der Waals surface area contributed by atoms with E-state index >= 15 is 0 Å². The van der Waals surface area contributed by atoms with E-state index in [9.17, 15) is 0 Å². The molecular formula is C14H16N2OS. The summed E-state index contributed by atoms with van der Waals surface area (Å²) in [7, 11) is 1.93. The van der Waals surface area contributed by atoms with Gasteiger partial charge in [0.05, 0.1) is 6.61 Å². The molecule has 0 aliphatic rings. The summed E-state index contributed by atoms with van der Waals surface area (Å²) in [5.41, 5.74) is 0. The number of anilines is 1. The molecule has 0 bridgehead atoms. The van der Waals surface area contributed by atoms with Crippen LogP contribution >= 0.6 is 11.8 Å². The first-order valence-corrected chi connectivity index (χ1v) is 6.62. The van der Waals surface area contributed by atoms with Crippen LogP contribution in [0.15, 0.2) is 58.5 Å². The Balaban J connectivity index is 2.12. The number of aliphatic hydroxyl groups is 1. The molecule has 1 heterocycles. The molecule has 2 rings (SSSR count). The summed E-state index contributed by atoms with van der Waals surface area (Å²) < 4.78 is 0. The van der Waals surface area contributed by atoms with Gasteiger partial charge in [0.15, 0.2) is 0 Å². The maximum Gasteiger partial charge on any atom is 0.129 e. The SMILES string of the molecule is CN(CCO)c1cc(Sc2ccccc2)ccn1. The summed E-state index contributed by atoms with van der Waals surface area (Å²) in [6, 6.07) is 14.3. The topological polar surface area (TPSA) is 36.4 Å². The zero-order valence-corrected chi connectivity index (χ0v) is 11.1. The fourth-order valence-electron chi connectivity index (χ4n) is 1.56. The minimum absolute atomic E-state index is 0.133. The highest BCUT2D eigenvalue weighted by Gasteiger charge is 2.03. The third kappa shape index (κ3) is 3.48. The van der Waals surface area contributed by atoms with Gasteiger partial charge in [0.1, 0.15) is 5.82 Å². The number of benzene rings is 1. The van der Waals surface area contributed by atoms with Gasteiger partial charge in [0, 0.05) is 29.6 Å². The van der Waals surface area contributed by atoms with E-state index in [1.807, 2.05) is 42.3 Å². The van der Waals surface area contributed by atoms with E-state index < -0.39 is 0 Å². The zero-order chi connectivity index (χ0) is 12.8. The Morgan fingerprint density at radius 2 is 1.94 bits per heavy atom. The van der Waals surface area contributed by atoms with Crippen LogP contribution < -0.4 is 4.90 Å². The monoisotopic (exact) mass is 260 g/mol. The fourth-order valence-corrected chi connectivity index (χ4v) is 2.42. The van der Waals surface area contributed by atoms with Gasteiger partial charge in [0.2, 0.25) is 0 Å². The Kier molecular flexibility index (Phi) is 4.61. The maximum absolute atomic E-state index is 8.93. The molecule has 0 saturated heterocycles. The molecule has 0 spiro atoms. The lowest BCUT2D eigenvalue weighted by Crippen LogP contribution is -2.22. The molecule has 18 heavy (non-hydrogen) atoms. The standard InChI is InChI=1S/C14H16N2OS/c1-16(9-10-17)14-11-13(7-8-15-14)18-12-5-3-2-4-6-12/h2-8,11,17H,9-10H2,1H3. The van der Waals surface area contributed by atoms with Gasteiger partial charge in [-0.1, -0.05) is 30.0 Å². The van der Waals surface area contributed by atoms with E-state index in [-0.39, 0.29) is 6.61 Å². The highest BCUT2D eigenvalue weighted by molar-refractivity contribution is 7.99. The highest BCUT2D eigenvalue weighted by Crippen LogP contribution is 2.28. The van der Waals surface area contributed by atoms with E-state index in [4.69, 9.17) is 5.11 Å². The zero-order valence-electron chi connectivity index (χ0n) is 10.3. The van der Waals surface area contributed by atoms with Crippen molar-refractivity contribution in [3.05, 3.63) is 48.7 Å². The summed E-state index contributed by atoms with van der Waals surface area (Å²) in [4.78, 5) is 8.60. The van der Waals surface area contributed by atoms with Crippen LogP contribution in [0.3, 0.4) is 0 Å². The van der Waals surface area contributed by atoms with E-state index in [1.165, 1.54) is 4.90 Å². The Hall–Kier alpha value is -1.52. The minimum atomic E-state index is 0.133. The number of aliphatic hydroxyl groups excluding tert-OH is 1. The number of likely N-dealkylation sites (N-methyl/N-ethyl adjacent to an activating group) is 1. The number of nitrogens with zero attached hydrogens (tertiary/aromatic N) is 2. The normalized spacial score (nSPS) is 10.3. The second kappa shape index (κ2) is 6.42. The van der Waals surface area contributed by atoms with E-state index in [1.54, 1.807) is 18.0 Å². The number of aromatic nitrogens is 1. The number of hydrogen-bond acceptors (Lipinski definition) is 4. The molecule has 2 aromatic rings. The Morgan fingerprint density at radius 3 is 2.67 bits per heavy atom. The van der Waals surface area contributed by atoms with Gasteiger partial charge < -0.3 is 10.0 Å². The van der Waals surface area contributed by atoms with Gasteiger partial charge in [-0.05, 0) is 24.3 Å². The molecule has 4 heteroatoms. The molecule has 94 valence electrons. The molecule has 0 fully saturated rings. The van der Waals surface area contributed by atoms with E-state index in [2.05, 4.69) is 17.1 Å². The summed E-state index contributed by atoms with van der Waals surface area (Å²) >= 11 is 1.71. The Labute approximate surface area is 111 Å². The maximum atomic E-state index is 8.93. The minimum Gasteiger partial charge on any atom is -0.395 e. The van der Waals surface area contributed by atoms with Crippen molar-refractivity contribution in [1.82, 2.24) is 4.98 Å². The summed E-state index contributed by atoms with van der Waals surface area (Å²) in [6.07, 6.45) is 1.80. The van der Waals surface area contributed by atoms with Crippen molar-refractivity contribution in [3.8, 4) is 0 Å². The van der Waals surface area contributed by atoms with Crippen LogP contribution in [0.2, 0.25) is 0 Å². The van der Waals surface area contributed by atoms with Crippen LogP contribution in [0, 0.1) is 0 Å². The molecule has 1 aromatic heterocycles. The fraction of sp³-hybridized carbons (Fsp3) is 0.214. The first kappa shape index (κ1) is 12.9. The van der Waals surface area contributed by atoms with Gasteiger partial charge >= 0.3 is 0 Å². The lowest BCUT2D eigenvalue weighted by Gasteiger charge is -2.17. The van der Waals surface area contributed by atoms with Crippen LogP contribution in [0.5, 0.6) is 0 Å². The average Bonchev–Trinajstić information content (AvgIpc) is 2.40. The predicted octanol–water partition coefficient (Wildman–Crippen LogP) is 2.66. The van der Waals surface area contributed by atoms with Crippen LogP contribution in [0.25, 0.3) is 0 Å². The van der Waals surface area contributed by atoms with Crippen molar-refractivity contribution in [2.75, 3.05) is 25.1 Å². The first-order valence-electron chi connectivity index (χ1n) is 5.80. The Morgan fingerprint density at radius 1 is 1.17 bits per heavy atom. The van der Waals surface area contributed by atoms with Crippen molar-refractivity contribution >= 4 is 17.6 Å². The van der Waals surface area contributed by atoms with Crippen LogP contribution in [-0.4, -0.2) is 30.3 Å². The molecule has 3 nitrogen and oxygen atoms in total. The number of rotatable bonds is 5. The Bertz CT molecular complexity index is 490. The molecule has 0 atom stereocenters. The van der Waals surface area contributed by atoms with Crippen molar-refractivity contribution in [1.29, 1.82) is 0 Å². The molecule has 0 amide bonds. The number of pyridine rings is 1. The van der Waals surface area contributed by atoms with Gasteiger partial charge in [-0.25, -0.2) is 4.98 Å². The largest absolute Gasteiger partial charge is 0.395 e. The summed E-state index contributed by atoms with van der Waals surface area (Å²) in [5.74, 6) is 0.880. The van der Waals surface area contributed by atoms with E-state index in [0.29, 0.717) is 6.54 Å². The third-order valence-electron chi connectivity index (χ3n) is 2.52. The summed E-state index contributed by atoms with van der Waals surface area (Å²) in [6.45, 7) is 0.723. The molecule has 0 radical (unpaired) electrons. The van der Waals surface area contributed by atoms with E-state index in [0.717, 1.165) is 10.7 Å².